The second-order valence-corrected chi connectivity index (χ2v) is 5.09. The Labute approximate surface area is 143 Å². The number of amides is 1. The molecule has 2 rings (SSSR count). The number of carbonyl (C=O) groups excluding carboxylic acids is 2. The van der Waals surface area contributed by atoms with Crippen LogP contribution < -0.4 is 10.1 Å². The van der Waals surface area contributed by atoms with Crippen molar-refractivity contribution in [1.82, 2.24) is 0 Å². The Kier molecular flexibility index (Phi) is 5.77. The second kappa shape index (κ2) is 7.99. The van der Waals surface area contributed by atoms with Crippen molar-refractivity contribution in [3.8, 4) is 11.8 Å². The van der Waals surface area contributed by atoms with Crippen molar-refractivity contribution < 1.29 is 19.1 Å². The number of esters is 1. The highest BCUT2D eigenvalue weighted by atomic mass is 35.5. The topological polar surface area (TPSA) is 88.4 Å². The van der Waals surface area contributed by atoms with Crippen LogP contribution in [-0.4, -0.2) is 25.6 Å². The molecule has 24 heavy (non-hydrogen) atoms. The molecule has 0 radical (unpaired) electrons. The first kappa shape index (κ1) is 17.3. The summed E-state index contributed by atoms with van der Waals surface area (Å²) in [5, 5.41) is 11.9. The fraction of sp³-hybridized carbons (Fsp3) is 0.118. The van der Waals surface area contributed by atoms with Gasteiger partial charge in [-0.3, -0.25) is 4.79 Å². The van der Waals surface area contributed by atoms with Gasteiger partial charge in [-0.15, -0.1) is 0 Å². The number of hydrogen-bond donors (Lipinski definition) is 1. The molecule has 0 bridgehead atoms. The van der Waals surface area contributed by atoms with E-state index in [9.17, 15) is 9.59 Å². The van der Waals surface area contributed by atoms with E-state index in [0.29, 0.717) is 16.3 Å². The van der Waals surface area contributed by atoms with E-state index >= 15 is 0 Å². The van der Waals surface area contributed by atoms with Crippen LogP contribution in [0.5, 0.6) is 5.75 Å². The summed E-state index contributed by atoms with van der Waals surface area (Å²) in [7, 11) is 1.52. The van der Waals surface area contributed by atoms with Gasteiger partial charge < -0.3 is 14.8 Å². The number of nitriles is 1. The minimum Gasteiger partial charge on any atom is -0.497 e. The summed E-state index contributed by atoms with van der Waals surface area (Å²) < 4.78 is 9.92. The van der Waals surface area contributed by atoms with E-state index in [1.54, 1.807) is 18.2 Å². The number of hydrogen-bond acceptors (Lipinski definition) is 5. The molecule has 0 aliphatic heterocycles. The van der Waals surface area contributed by atoms with Crippen LogP contribution in [0, 0.1) is 11.3 Å². The maximum Gasteiger partial charge on any atom is 0.338 e. The second-order valence-electron chi connectivity index (χ2n) is 4.65. The number of nitrogens with zero attached hydrogens (tertiary/aromatic N) is 1. The Morgan fingerprint density at radius 2 is 1.92 bits per heavy atom. The molecule has 0 aromatic heterocycles. The molecule has 0 fully saturated rings. The van der Waals surface area contributed by atoms with E-state index in [1.807, 2.05) is 6.07 Å². The minimum atomic E-state index is -0.639. The lowest BCUT2D eigenvalue weighted by Crippen LogP contribution is -2.21. The Hall–Kier alpha value is -3.04. The van der Waals surface area contributed by atoms with Crippen LogP contribution in [0.3, 0.4) is 0 Å². The van der Waals surface area contributed by atoms with E-state index in [4.69, 9.17) is 26.3 Å². The number of ether oxygens (including phenoxy) is 2. The van der Waals surface area contributed by atoms with Crippen molar-refractivity contribution in [2.45, 2.75) is 0 Å². The average Bonchev–Trinajstić information content (AvgIpc) is 2.60. The van der Waals surface area contributed by atoms with Crippen molar-refractivity contribution in [2.24, 2.45) is 0 Å². The zero-order valence-electron chi connectivity index (χ0n) is 12.7. The number of rotatable bonds is 5. The highest BCUT2D eigenvalue weighted by Gasteiger charge is 2.12. The Bertz CT molecular complexity index is 797. The molecular formula is C17H13ClN2O4. The molecule has 0 saturated heterocycles. The SMILES string of the molecule is COc1ccc(C(=O)OCC(=O)Nc2cc(Cl)ccc2C#N)cc1. The molecule has 7 heteroatoms. The summed E-state index contributed by atoms with van der Waals surface area (Å²) in [6.45, 7) is -0.484. The van der Waals surface area contributed by atoms with Crippen LogP contribution in [0.4, 0.5) is 5.69 Å². The molecule has 0 aliphatic carbocycles. The Morgan fingerprint density at radius 1 is 1.21 bits per heavy atom. The molecular weight excluding hydrogens is 332 g/mol. The lowest BCUT2D eigenvalue weighted by atomic mass is 10.2. The molecule has 0 spiro atoms. The van der Waals surface area contributed by atoms with Gasteiger partial charge in [-0.05, 0) is 42.5 Å². The predicted molar refractivity (Wildman–Crippen MR) is 88.1 cm³/mol. The van der Waals surface area contributed by atoms with Crippen LogP contribution in [0.25, 0.3) is 0 Å². The van der Waals surface area contributed by atoms with E-state index < -0.39 is 18.5 Å². The summed E-state index contributed by atoms with van der Waals surface area (Å²) in [4.78, 5) is 23.7. The first-order valence-electron chi connectivity index (χ1n) is 6.84. The first-order valence-corrected chi connectivity index (χ1v) is 7.22. The standard InChI is InChI=1S/C17H13ClN2O4/c1-23-14-6-3-11(4-7-14)17(22)24-10-16(21)20-15-8-13(18)5-2-12(15)9-19/h2-8H,10H2,1H3,(H,20,21). The Morgan fingerprint density at radius 3 is 2.54 bits per heavy atom. The molecule has 0 atom stereocenters. The minimum absolute atomic E-state index is 0.259. The molecule has 6 nitrogen and oxygen atoms in total. The van der Waals surface area contributed by atoms with E-state index in [2.05, 4.69) is 5.32 Å². The van der Waals surface area contributed by atoms with Crippen molar-refractivity contribution in [2.75, 3.05) is 19.0 Å². The summed E-state index contributed by atoms with van der Waals surface area (Å²) in [6, 6.07) is 12.7. The molecule has 1 N–H and O–H groups in total. The molecule has 2 aromatic carbocycles. The van der Waals surface area contributed by atoms with Crippen LogP contribution in [0.2, 0.25) is 5.02 Å². The van der Waals surface area contributed by atoms with E-state index in [1.165, 1.54) is 31.4 Å². The maximum atomic E-state index is 11.9. The van der Waals surface area contributed by atoms with E-state index in [0.717, 1.165) is 0 Å². The zero-order chi connectivity index (χ0) is 17.5. The van der Waals surface area contributed by atoms with Gasteiger partial charge in [0.25, 0.3) is 5.91 Å². The van der Waals surface area contributed by atoms with Gasteiger partial charge in [0.05, 0.1) is 23.9 Å². The monoisotopic (exact) mass is 344 g/mol. The van der Waals surface area contributed by atoms with Crippen LogP contribution in [0.1, 0.15) is 15.9 Å². The Balaban J connectivity index is 1.94. The molecule has 122 valence electrons. The van der Waals surface area contributed by atoms with Crippen LogP contribution in [-0.2, 0) is 9.53 Å². The van der Waals surface area contributed by atoms with Crippen LogP contribution >= 0.6 is 11.6 Å². The summed E-state index contributed by atoms with van der Waals surface area (Å²) >= 11 is 5.83. The number of benzene rings is 2. The average molecular weight is 345 g/mol. The third-order valence-electron chi connectivity index (χ3n) is 3.04. The van der Waals surface area contributed by atoms with E-state index in [-0.39, 0.29) is 11.3 Å². The summed E-state index contributed by atoms with van der Waals surface area (Å²) in [5.74, 6) is -0.607. The first-order chi connectivity index (χ1) is 11.5. The number of halogens is 1. The van der Waals surface area contributed by atoms with Gasteiger partial charge in [0, 0.05) is 5.02 Å². The van der Waals surface area contributed by atoms with Gasteiger partial charge in [-0.2, -0.15) is 5.26 Å². The third-order valence-corrected chi connectivity index (χ3v) is 3.27. The maximum absolute atomic E-state index is 11.9. The highest BCUT2D eigenvalue weighted by molar-refractivity contribution is 6.31. The summed E-state index contributed by atoms with van der Waals surface area (Å²) in [5.41, 5.74) is 0.814. The van der Waals surface area contributed by atoms with Crippen molar-refractivity contribution in [3.63, 3.8) is 0 Å². The highest BCUT2D eigenvalue weighted by Crippen LogP contribution is 2.20. The lowest BCUT2D eigenvalue weighted by molar-refractivity contribution is -0.119. The van der Waals surface area contributed by atoms with Crippen molar-refractivity contribution in [3.05, 3.63) is 58.6 Å². The van der Waals surface area contributed by atoms with Gasteiger partial charge in [0.2, 0.25) is 0 Å². The zero-order valence-corrected chi connectivity index (χ0v) is 13.5. The molecule has 0 heterocycles. The predicted octanol–water partition coefficient (Wildman–Crippen LogP) is 3.02. The molecule has 0 aliphatic rings. The quantitative estimate of drug-likeness (QED) is 0.842. The third kappa shape index (κ3) is 4.48. The van der Waals surface area contributed by atoms with Gasteiger partial charge in [0.1, 0.15) is 11.8 Å². The molecule has 2 aromatic rings. The number of anilines is 1. The number of carbonyl (C=O) groups is 2. The normalized spacial score (nSPS) is 9.71. The molecule has 0 saturated carbocycles. The fourth-order valence-electron chi connectivity index (χ4n) is 1.85. The molecule has 0 unspecified atom stereocenters. The summed E-state index contributed by atoms with van der Waals surface area (Å²) in [6.07, 6.45) is 0. The van der Waals surface area contributed by atoms with Crippen molar-refractivity contribution in [1.29, 1.82) is 5.26 Å². The lowest BCUT2D eigenvalue weighted by Gasteiger charge is -2.08. The van der Waals surface area contributed by atoms with Gasteiger partial charge in [0.15, 0.2) is 6.61 Å². The largest absolute Gasteiger partial charge is 0.497 e. The fourth-order valence-corrected chi connectivity index (χ4v) is 2.02. The van der Waals surface area contributed by atoms with Gasteiger partial charge >= 0.3 is 5.97 Å². The smallest absolute Gasteiger partial charge is 0.338 e. The van der Waals surface area contributed by atoms with Gasteiger partial charge in [-0.1, -0.05) is 11.6 Å². The number of methoxy groups -OCH3 is 1. The van der Waals surface area contributed by atoms with Crippen LogP contribution in [0.15, 0.2) is 42.5 Å². The van der Waals surface area contributed by atoms with Crippen molar-refractivity contribution >= 4 is 29.2 Å². The number of nitrogens with one attached hydrogen (secondary N) is 1. The molecule has 1 amide bonds. The van der Waals surface area contributed by atoms with Gasteiger partial charge in [-0.25, -0.2) is 4.79 Å².